The number of aryl methyl sites for hydroxylation is 2. The van der Waals surface area contributed by atoms with Gasteiger partial charge in [0.25, 0.3) is 15.7 Å². The molecule has 0 radical (unpaired) electrons. The Morgan fingerprint density at radius 3 is 2.56 bits per heavy atom. The average Bonchev–Trinajstić information content (AvgIpc) is 3.21. The van der Waals surface area contributed by atoms with Crippen molar-refractivity contribution in [1.29, 1.82) is 0 Å². The lowest BCUT2D eigenvalue weighted by Crippen LogP contribution is -2.16. The van der Waals surface area contributed by atoms with Gasteiger partial charge in [0, 0.05) is 17.0 Å². The van der Waals surface area contributed by atoms with Gasteiger partial charge >= 0.3 is 5.97 Å². The maximum atomic E-state index is 13.0. The predicted molar refractivity (Wildman–Crippen MR) is 122 cm³/mol. The topological polar surface area (TPSA) is 116 Å². The zero-order valence-corrected chi connectivity index (χ0v) is 18.8. The summed E-state index contributed by atoms with van der Waals surface area (Å²) in [5.41, 5.74) is 3.38. The minimum atomic E-state index is -4.33. The molecule has 0 spiro atoms. The number of benzene rings is 2. The van der Waals surface area contributed by atoms with E-state index < -0.39 is 31.5 Å². The van der Waals surface area contributed by atoms with E-state index in [0.717, 1.165) is 54.7 Å². The summed E-state index contributed by atoms with van der Waals surface area (Å²) in [4.78, 5) is 22.7. The summed E-state index contributed by atoms with van der Waals surface area (Å²) in [6.07, 6.45) is 4.22. The highest BCUT2D eigenvalue weighted by Crippen LogP contribution is 2.39. The minimum Gasteiger partial charge on any atom is -0.465 e. The maximum Gasteiger partial charge on any atom is 0.341 e. The first kappa shape index (κ1) is 22.0. The smallest absolute Gasteiger partial charge is 0.341 e. The lowest BCUT2D eigenvalue weighted by molar-refractivity contribution is -0.387. The molecule has 32 heavy (non-hydrogen) atoms. The van der Waals surface area contributed by atoms with Crippen molar-refractivity contribution in [2.24, 2.45) is 0 Å². The molecule has 0 saturated carbocycles. The van der Waals surface area contributed by atoms with E-state index in [2.05, 4.69) is 4.72 Å². The summed E-state index contributed by atoms with van der Waals surface area (Å²) in [6, 6.07) is 11.0. The molecular formula is C22H20N2O6S2. The number of rotatable bonds is 6. The predicted octanol–water partition coefficient (Wildman–Crippen LogP) is 4.79. The molecule has 1 aliphatic carbocycles. The molecule has 0 bridgehead atoms. The molecule has 0 fully saturated rings. The Hall–Kier alpha value is -3.24. The molecule has 1 heterocycles. The van der Waals surface area contributed by atoms with Crippen LogP contribution in [0.2, 0.25) is 0 Å². The number of sulfonamides is 1. The van der Waals surface area contributed by atoms with Crippen LogP contribution < -0.4 is 4.72 Å². The lowest BCUT2D eigenvalue weighted by Gasteiger charge is -2.17. The first-order valence-corrected chi connectivity index (χ1v) is 12.3. The Bertz CT molecular complexity index is 1310. The van der Waals surface area contributed by atoms with Crippen molar-refractivity contribution in [3.05, 3.63) is 74.6 Å². The van der Waals surface area contributed by atoms with Crippen LogP contribution in [0.25, 0.3) is 11.1 Å². The summed E-state index contributed by atoms with van der Waals surface area (Å²) < 4.78 is 33.2. The van der Waals surface area contributed by atoms with Gasteiger partial charge in [-0.25, -0.2) is 13.2 Å². The van der Waals surface area contributed by atoms with Crippen LogP contribution in [0.1, 0.15) is 34.3 Å². The van der Waals surface area contributed by atoms with Crippen molar-refractivity contribution >= 4 is 38.0 Å². The second-order valence-corrected chi connectivity index (χ2v) is 9.90. The number of methoxy groups -OCH3 is 1. The van der Waals surface area contributed by atoms with Gasteiger partial charge in [-0.2, -0.15) is 0 Å². The number of nitro groups is 1. The van der Waals surface area contributed by atoms with E-state index >= 15 is 0 Å². The third-order valence-corrected chi connectivity index (χ3v) is 7.84. The molecule has 0 saturated heterocycles. The van der Waals surface area contributed by atoms with Crippen molar-refractivity contribution in [1.82, 2.24) is 0 Å². The first-order valence-electron chi connectivity index (χ1n) is 9.90. The van der Waals surface area contributed by atoms with Crippen LogP contribution >= 0.6 is 11.3 Å². The number of esters is 1. The molecule has 166 valence electrons. The normalized spacial score (nSPS) is 13.3. The number of hydrogen-bond acceptors (Lipinski definition) is 7. The highest BCUT2D eigenvalue weighted by molar-refractivity contribution is 7.93. The van der Waals surface area contributed by atoms with Crippen molar-refractivity contribution in [3.63, 3.8) is 0 Å². The van der Waals surface area contributed by atoms with Gasteiger partial charge in [-0.3, -0.25) is 14.8 Å². The standard InChI is InChI=1S/C22H20N2O6S2/c1-30-22(25)20-17(16-11-10-14-6-2-3-7-15(14)12-16)13-31-21(20)23-32(28,29)19-9-5-4-8-18(19)24(26)27/h4-5,8-13,23H,2-3,6-7H2,1H3. The fraction of sp³-hybridized carbons (Fsp3) is 0.227. The van der Waals surface area contributed by atoms with Crippen LogP contribution in [0.4, 0.5) is 10.7 Å². The molecule has 0 aliphatic heterocycles. The monoisotopic (exact) mass is 472 g/mol. The van der Waals surface area contributed by atoms with Crippen LogP contribution in [-0.2, 0) is 27.6 Å². The van der Waals surface area contributed by atoms with Crippen LogP contribution in [-0.4, -0.2) is 26.4 Å². The third-order valence-electron chi connectivity index (χ3n) is 5.42. The van der Waals surface area contributed by atoms with E-state index in [1.807, 2.05) is 18.2 Å². The number of anilines is 1. The Kier molecular flexibility index (Phi) is 5.98. The molecule has 2 aromatic carbocycles. The number of carbonyl (C=O) groups excluding carboxylic acids is 1. The molecule has 4 rings (SSSR count). The van der Waals surface area contributed by atoms with Crippen molar-refractivity contribution < 1.29 is 22.9 Å². The lowest BCUT2D eigenvalue weighted by atomic mass is 9.89. The molecule has 10 heteroatoms. The minimum absolute atomic E-state index is 0.0442. The van der Waals surface area contributed by atoms with Gasteiger partial charge in [0.05, 0.1) is 12.0 Å². The number of para-hydroxylation sites is 1. The van der Waals surface area contributed by atoms with E-state index in [1.54, 1.807) is 5.38 Å². The zero-order valence-electron chi connectivity index (χ0n) is 17.2. The van der Waals surface area contributed by atoms with E-state index in [4.69, 9.17) is 4.74 Å². The Balaban J connectivity index is 1.77. The van der Waals surface area contributed by atoms with Gasteiger partial charge in [0.1, 0.15) is 10.6 Å². The van der Waals surface area contributed by atoms with E-state index in [9.17, 15) is 23.3 Å². The van der Waals surface area contributed by atoms with Crippen molar-refractivity contribution in [2.45, 2.75) is 30.6 Å². The van der Waals surface area contributed by atoms with Crippen LogP contribution in [0.15, 0.2) is 52.7 Å². The summed E-state index contributed by atoms with van der Waals surface area (Å²) in [5.74, 6) is -0.695. The molecule has 0 atom stereocenters. The summed E-state index contributed by atoms with van der Waals surface area (Å²) in [5, 5.41) is 13.0. The number of carbonyl (C=O) groups is 1. The van der Waals surface area contributed by atoms with E-state index in [1.165, 1.54) is 30.4 Å². The van der Waals surface area contributed by atoms with Gasteiger partial charge in [-0.1, -0.05) is 30.3 Å². The van der Waals surface area contributed by atoms with E-state index in [0.29, 0.717) is 5.56 Å². The third kappa shape index (κ3) is 4.11. The molecule has 8 nitrogen and oxygen atoms in total. The number of thiophene rings is 1. The highest BCUT2D eigenvalue weighted by atomic mass is 32.2. The number of fused-ring (bicyclic) bond motifs is 1. The molecule has 1 N–H and O–H groups in total. The average molecular weight is 473 g/mol. The van der Waals surface area contributed by atoms with Crippen LogP contribution in [0, 0.1) is 10.1 Å². The molecule has 0 unspecified atom stereocenters. The van der Waals surface area contributed by atoms with Crippen molar-refractivity contribution in [2.75, 3.05) is 11.8 Å². The molecule has 1 aromatic heterocycles. The number of nitrogens with zero attached hydrogens (tertiary/aromatic N) is 1. The second-order valence-electron chi connectivity index (χ2n) is 7.37. The maximum absolute atomic E-state index is 13.0. The number of nitrogens with one attached hydrogen (secondary N) is 1. The SMILES string of the molecule is COC(=O)c1c(-c2ccc3c(c2)CCCC3)csc1NS(=O)(=O)c1ccccc1[N+](=O)[O-]. The Morgan fingerprint density at radius 2 is 1.84 bits per heavy atom. The number of nitro benzene ring substituents is 1. The first-order chi connectivity index (χ1) is 15.3. The van der Waals surface area contributed by atoms with Gasteiger partial charge in [0.15, 0.2) is 4.90 Å². The number of ether oxygens (including phenoxy) is 1. The van der Waals surface area contributed by atoms with Gasteiger partial charge < -0.3 is 4.74 Å². The Morgan fingerprint density at radius 1 is 1.12 bits per heavy atom. The fourth-order valence-corrected chi connectivity index (χ4v) is 6.32. The summed E-state index contributed by atoms with van der Waals surface area (Å²) in [7, 11) is -3.11. The molecular weight excluding hydrogens is 452 g/mol. The number of hydrogen-bond donors (Lipinski definition) is 1. The molecule has 0 amide bonds. The summed E-state index contributed by atoms with van der Waals surface area (Å²) >= 11 is 1.03. The Labute approximate surface area is 189 Å². The van der Waals surface area contributed by atoms with Crippen LogP contribution in [0.5, 0.6) is 0 Å². The zero-order chi connectivity index (χ0) is 22.9. The van der Waals surface area contributed by atoms with Gasteiger partial charge in [0.2, 0.25) is 0 Å². The van der Waals surface area contributed by atoms with Gasteiger partial charge in [-0.15, -0.1) is 11.3 Å². The second kappa shape index (κ2) is 8.71. The summed E-state index contributed by atoms with van der Waals surface area (Å²) in [6.45, 7) is 0. The largest absolute Gasteiger partial charge is 0.465 e. The fourth-order valence-electron chi connectivity index (χ4n) is 3.86. The van der Waals surface area contributed by atoms with E-state index in [-0.39, 0.29) is 10.6 Å². The van der Waals surface area contributed by atoms with Crippen molar-refractivity contribution in [3.8, 4) is 11.1 Å². The quantitative estimate of drug-likeness (QED) is 0.313. The highest BCUT2D eigenvalue weighted by Gasteiger charge is 2.29. The van der Waals surface area contributed by atoms with Gasteiger partial charge in [-0.05, 0) is 48.4 Å². The molecule has 3 aromatic rings. The van der Waals surface area contributed by atoms with Crippen LogP contribution in [0.3, 0.4) is 0 Å². The molecule has 1 aliphatic rings.